The highest BCUT2D eigenvalue weighted by Crippen LogP contribution is 2.39. The van der Waals surface area contributed by atoms with Crippen molar-refractivity contribution in [3.05, 3.63) is 22.9 Å². The number of carbonyl (C=O) groups is 1. The van der Waals surface area contributed by atoms with E-state index in [0.717, 1.165) is 0 Å². The van der Waals surface area contributed by atoms with Crippen molar-refractivity contribution in [1.29, 1.82) is 0 Å². The van der Waals surface area contributed by atoms with Crippen LogP contribution in [0.5, 0.6) is 0 Å². The smallest absolute Gasteiger partial charge is 0.420 e. The Balaban J connectivity index is 3.24. The zero-order valence-electron chi connectivity index (χ0n) is 10.3. The van der Waals surface area contributed by atoms with Crippen LogP contribution in [-0.4, -0.2) is 17.6 Å². The lowest BCUT2D eigenvalue weighted by Gasteiger charge is -2.15. The van der Waals surface area contributed by atoms with Crippen LogP contribution in [0.3, 0.4) is 0 Å². The van der Waals surface area contributed by atoms with Crippen LogP contribution in [0.4, 0.5) is 27.8 Å². The molecule has 1 aromatic heterocycles. The molecule has 2 N–H and O–H groups in total. The lowest BCUT2D eigenvalue weighted by Crippen LogP contribution is -2.17. The highest BCUT2D eigenvalue weighted by atomic mass is 19.4. The molecule has 0 aliphatic rings. The number of alkyl halides is 5. The Morgan fingerprint density at radius 3 is 2.50 bits per heavy atom. The maximum absolute atomic E-state index is 12.7. The van der Waals surface area contributed by atoms with Gasteiger partial charge in [0.05, 0.1) is 18.7 Å². The van der Waals surface area contributed by atoms with Gasteiger partial charge in [0.2, 0.25) is 0 Å². The van der Waals surface area contributed by atoms with E-state index in [9.17, 15) is 26.7 Å². The highest BCUT2D eigenvalue weighted by Gasteiger charge is 2.39. The van der Waals surface area contributed by atoms with Crippen LogP contribution in [-0.2, 0) is 22.1 Å². The number of nitrogens with two attached hydrogens (primary N) is 1. The minimum absolute atomic E-state index is 0.0522. The minimum Gasteiger partial charge on any atom is -0.466 e. The summed E-state index contributed by atoms with van der Waals surface area (Å²) in [4.78, 5) is 14.5. The van der Waals surface area contributed by atoms with Crippen molar-refractivity contribution in [3.63, 3.8) is 0 Å². The van der Waals surface area contributed by atoms with E-state index in [2.05, 4.69) is 9.72 Å². The topological polar surface area (TPSA) is 65.2 Å². The van der Waals surface area contributed by atoms with Crippen LogP contribution in [0.25, 0.3) is 0 Å². The van der Waals surface area contributed by atoms with Crippen molar-refractivity contribution < 1.29 is 31.5 Å². The molecule has 1 rings (SSSR count). The largest absolute Gasteiger partial charge is 0.466 e. The number of anilines is 1. The molecule has 1 heterocycles. The lowest BCUT2D eigenvalue weighted by atomic mass is 10.1. The SMILES string of the molecule is CCOC(=O)Cc1cc(C(F)F)c(C(F)(F)F)c(N)n1. The molecule has 0 aromatic carbocycles. The summed E-state index contributed by atoms with van der Waals surface area (Å²) in [7, 11) is 0. The first-order valence-electron chi connectivity index (χ1n) is 5.47. The van der Waals surface area contributed by atoms with Gasteiger partial charge in [0, 0.05) is 5.56 Å². The first kappa shape index (κ1) is 16.1. The fourth-order valence-electron chi connectivity index (χ4n) is 1.57. The van der Waals surface area contributed by atoms with Crippen LogP contribution < -0.4 is 5.73 Å². The number of pyridine rings is 1. The Morgan fingerprint density at radius 2 is 2.05 bits per heavy atom. The fraction of sp³-hybridized carbons (Fsp3) is 0.455. The number of nitrogen functional groups attached to an aromatic ring is 1. The molecule has 0 saturated carbocycles. The standard InChI is InChI=1S/C11H11F5N2O2/c1-2-20-7(19)4-5-3-6(9(12)13)8(10(17)18-5)11(14,15)16/h3,9H,2,4H2,1H3,(H2,17,18). The molecule has 0 fully saturated rings. The van der Waals surface area contributed by atoms with Crippen molar-refractivity contribution in [2.24, 2.45) is 0 Å². The highest BCUT2D eigenvalue weighted by molar-refractivity contribution is 5.72. The number of hydrogen-bond acceptors (Lipinski definition) is 4. The molecule has 9 heteroatoms. The van der Waals surface area contributed by atoms with Crippen molar-refractivity contribution in [1.82, 2.24) is 4.98 Å². The minimum atomic E-state index is -5.05. The molecular formula is C11H11F5N2O2. The Kier molecular flexibility index (Phi) is 4.85. The molecule has 0 atom stereocenters. The predicted molar refractivity (Wildman–Crippen MR) is 58.9 cm³/mol. The van der Waals surface area contributed by atoms with E-state index in [1.165, 1.54) is 6.92 Å². The average Bonchev–Trinajstić information content (AvgIpc) is 2.26. The quantitative estimate of drug-likeness (QED) is 0.685. The number of esters is 1. The summed E-state index contributed by atoms with van der Waals surface area (Å²) < 4.78 is 67.9. The van der Waals surface area contributed by atoms with Gasteiger partial charge in [-0.25, -0.2) is 13.8 Å². The van der Waals surface area contributed by atoms with Crippen LogP contribution >= 0.6 is 0 Å². The van der Waals surface area contributed by atoms with Crippen LogP contribution in [0, 0.1) is 0 Å². The fourth-order valence-corrected chi connectivity index (χ4v) is 1.57. The van der Waals surface area contributed by atoms with E-state index in [0.29, 0.717) is 6.07 Å². The third kappa shape index (κ3) is 3.78. The van der Waals surface area contributed by atoms with Gasteiger partial charge in [0.1, 0.15) is 11.4 Å². The molecule has 0 aliphatic heterocycles. The molecular weight excluding hydrogens is 287 g/mol. The number of nitrogens with zero attached hydrogens (tertiary/aromatic N) is 1. The molecule has 0 amide bonds. The number of ether oxygens (including phenoxy) is 1. The van der Waals surface area contributed by atoms with Crippen LogP contribution in [0.2, 0.25) is 0 Å². The van der Waals surface area contributed by atoms with E-state index in [1.807, 2.05) is 0 Å². The number of carbonyl (C=O) groups excluding carboxylic acids is 1. The summed E-state index contributed by atoms with van der Waals surface area (Å²) in [5.74, 6) is -1.88. The summed E-state index contributed by atoms with van der Waals surface area (Å²) in [6, 6.07) is 0.515. The molecule has 0 unspecified atom stereocenters. The van der Waals surface area contributed by atoms with Gasteiger partial charge in [-0.3, -0.25) is 4.79 Å². The summed E-state index contributed by atoms with van der Waals surface area (Å²) in [5.41, 5.74) is 1.80. The Hall–Kier alpha value is -1.93. The third-order valence-corrected chi connectivity index (χ3v) is 2.28. The molecule has 4 nitrogen and oxygen atoms in total. The van der Waals surface area contributed by atoms with Crippen molar-refractivity contribution in [3.8, 4) is 0 Å². The Labute approximate surface area is 110 Å². The van der Waals surface area contributed by atoms with Gasteiger partial charge in [-0.1, -0.05) is 0 Å². The molecule has 0 aliphatic carbocycles. The molecule has 20 heavy (non-hydrogen) atoms. The van der Waals surface area contributed by atoms with Gasteiger partial charge in [-0.05, 0) is 13.0 Å². The van der Waals surface area contributed by atoms with E-state index in [1.54, 1.807) is 0 Å². The monoisotopic (exact) mass is 298 g/mol. The second-order valence-corrected chi connectivity index (χ2v) is 3.74. The Bertz CT molecular complexity index is 502. The maximum Gasteiger partial charge on any atom is 0.420 e. The second-order valence-electron chi connectivity index (χ2n) is 3.74. The van der Waals surface area contributed by atoms with Gasteiger partial charge in [-0.15, -0.1) is 0 Å². The number of hydrogen-bond donors (Lipinski definition) is 1. The lowest BCUT2D eigenvalue weighted by molar-refractivity contribution is -0.142. The summed E-state index contributed by atoms with van der Waals surface area (Å²) in [5, 5.41) is 0. The molecule has 112 valence electrons. The molecule has 0 radical (unpaired) electrons. The van der Waals surface area contributed by atoms with Crippen LogP contribution in [0.15, 0.2) is 6.07 Å². The molecule has 1 aromatic rings. The number of aromatic nitrogens is 1. The molecule has 0 spiro atoms. The molecule has 0 bridgehead atoms. The van der Waals surface area contributed by atoms with Gasteiger partial charge < -0.3 is 10.5 Å². The zero-order valence-corrected chi connectivity index (χ0v) is 10.3. The predicted octanol–water partition coefficient (Wildman–Crippen LogP) is 2.73. The molecule has 0 saturated heterocycles. The van der Waals surface area contributed by atoms with Gasteiger partial charge >= 0.3 is 12.1 Å². The van der Waals surface area contributed by atoms with Crippen molar-refractivity contribution in [2.45, 2.75) is 25.9 Å². The van der Waals surface area contributed by atoms with E-state index in [-0.39, 0.29) is 12.3 Å². The third-order valence-electron chi connectivity index (χ3n) is 2.28. The Morgan fingerprint density at radius 1 is 1.45 bits per heavy atom. The van der Waals surface area contributed by atoms with E-state index < -0.39 is 41.9 Å². The first-order chi connectivity index (χ1) is 9.16. The number of halogens is 5. The van der Waals surface area contributed by atoms with Crippen LogP contribution in [0.1, 0.15) is 30.2 Å². The number of rotatable bonds is 4. The zero-order chi connectivity index (χ0) is 15.5. The van der Waals surface area contributed by atoms with E-state index in [4.69, 9.17) is 5.73 Å². The van der Waals surface area contributed by atoms with Gasteiger partial charge in [0.25, 0.3) is 6.43 Å². The van der Waals surface area contributed by atoms with Gasteiger partial charge in [-0.2, -0.15) is 13.2 Å². The average molecular weight is 298 g/mol. The summed E-state index contributed by atoms with van der Waals surface area (Å²) in [6.07, 6.45) is -8.97. The van der Waals surface area contributed by atoms with Crippen molar-refractivity contribution in [2.75, 3.05) is 12.3 Å². The first-order valence-corrected chi connectivity index (χ1v) is 5.47. The normalized spacial score (nSPS) is 11.8. The van der Waals surface area contributed by atoms with E-state index >= 15 is 0 Å². The summed E-state index contributed by atoms with van der Waals surface area (Å²) in [6.45, 7) is 1.58. The second kappa shape index (κ2) is 6.02. The van der Waals surface area contributed by atoms with Crippen molar-refractivity contribution >= 4 is 11.8 Å². The maximum atomic E-state index is 12.7. The van der Waals surface area contributed by atoms with Gasteiger partial charge in [0.15, 0.2) is 0 Å². The summed E-state index contributed by atoms with van der Waals surface area (Å²) >= 11 is 0.